The summed E-state index contributed by atoms with van der Waals surface area (Å²) in [7, 11) is 0. The Morgan fingerprint density at radius 2 is 2.00 bits per heavy atom. The van der Waals surface area contributed by atoms with Crippen molar-refractivity contribution < 1.29 is 4.74 Å². The van der Waals surface area contributed by atoms with E-state index in [1.165, 1.54) is 0 Å². The Labute approximate surface area is 140 Å². The zero-order valence-electron chi connectivity index (χ0n) is 13.6. The molecule has 0 amide bonds. The van der Waals surface area contributed by atoms with E-state index >= 15 is 0 Å². The SMILES string of the molecule is CCO[C@H](C)c1nc(Cn2nc(C)nc2-c2ccccc2)cs1. The number of benzene rings is 1. The fourth-order valence-electron chi connectivity index (χ4n) is 2.42. The molecule has 0 aliphatic rings. The predicted molar refractivity (Wildman–Crippen MR) is 91.5 cm³/mol. The highest BCUT2D eigenvalue weighted by molar-refractivity contribution is 7.09. The van der Waals surface area contributed by atoms with Gasteiger partial charge in [0.2, 0.25) is 0 Å². The summed E-state index contributed by atoms with van der Waals surface area (Å²) in [4.78, 5) is 9.22. The van der Waals surface area contributed by atoms with E-state index in [0.29, 0.717) is 13.2 Å². The third-order valence-corrected chi connectivity index (χ3v) is 4.51. The largest absolute Gasteiger partial charge is 0.372 e. The van der Waals surface area contributed by atoms with Crippen LogP contribution in [0.25, 0.3) is 11.4 Å². The minimum atomic E-state index is 0.0322. The molecule has 3 rings (SSSR count). The van der Waals surface area contributed by atoms with Gasteiger partial charge in [-0.2, -0.15) is 5.10 Å². The van der Waals surface area contributed by atoms with Crippen LogP contribution in [0.4, 0.5) is 0 Å². The highest BCUT2D eigenvalue weighted by atomic mass is 32.1. The minimum Gasteiger partial charge on any atom is -0.372 e. The van der Waals surface area contributed by atoms with E-state index in [9.17, 15) is 0 Å². The van der Waals surface area contributed by atoms with Crippen LogP contribution in [0.5, 0.6) is 0 Å². The molecule has 3 aromatic rings. The van der Waals surface area contributed by atoms with Gasteiger partial charge in [0.1, 0.15) is 16.9 Å². The number of aromatic nitrogens is 4. The predicted octanol–water partition coefficient (Wildman–Crippen LogP) is 3.86. The molecule has 2 heterocycles. The molecular weight excluding hydrogens is 308 g/mol. The quantitative estimate of drug-likeness (QED) is 0.689. The van der Waals surface area contributed by atoms with Crippen LogP contribution < -0.4 is 0 Å². The number of rotatable bonds is 6. The Kier molecular flexibility index (Phi) is 4.83. The Bertz CT molecular complexity index is 766. The Morgan fingerprint density at radius 1 is 1.22 bits per heavy atom. The fourth-order valence-corrected chi connectivity index (χ4v) is 3.24. The van der Waals surface area contributed by atoms with Crippen molar-refractivity contribution in [3.63, 3.8) is 0 Å². The van der Waals surface area contributed by atoms with Gasteiger partial charge in [-0.3, -0.25) is 0 Å². The molecule has 0 fully saturated rings. The number of aryl methyl sites for hydroxylation is 1. The molecule has 6 heteroatoms. The van der Waals surface area contributed by atoms with Gasteiger partial charge in [0.25, 0.3) is 0 Å². The lowest BCUT2D eigenvalue weighted by Gasteiger charge is -2.07. The lowest BCUT2D eigenvalue weighted by atomic mass is 10.2. The summed E-state index contributed by atoms with van der Waals surface area (Å²) >= 11 is 1.63. The average Bonchev–Trinajstić information content (AvgIpc) is 3.16. The van der Waals surface area contributed by atoms with Crippen LogP contribution in [0, 0.1) is 6.92 Å². The van der Waals surface area contributed by atoms with E-state index in [1.807, 2.05) is 55.8 Å². The first-order valence-electron chi connectivity index (χ1n) is 7.70. The molecule has 0 bridgehead atoms. The molecule has 2 aromatic heterocycles. The van der Waals surface area contributed by atoms with Crippen LogP contribution in [0.2, 0.25) is 0 Å². The Balaban J connectivity index is 1.84. The molecule has 0 unspecified atom stereocenters. The van der Waals surface area contributed by atoms with Crippen molar-refractivity contribution in [2.75, 3.05) is 6.61 Å². The summed E-state index contributed by atoms with van der Waals surface area (Å²) in [6, 6.07) is 10.1. The van der Waals surface area contributed by atoms with Crippen molar-refractivity contribution >= 4 is 11.3 Å². The van der Waals surface area contributed by atoms with Crippen molar-refractivity contribution in [2.45, 2.75) is 33.4 Å². The van der Waals surface area contributed by atoms with Gasteiger partial charge < -0.3 is 4.74 Å². The first-order valence-corrected chi connectivity index (χ1v) is 8.58. The topological polar surface area (TPSA) is 52.8 Å². The van der Waals surface area contributed by atoms with Crippen LogP contribution in [-0.4, -0.2) is 26.4 Å². The summed E-state index contributed by atoms with van der Waals surface area (Å²) in [5.41, 5.74) is 2.05. The van der Waals surface area contributed by atoms with Gasteiger partial charge >= 0.3 is 0 Å². The van der Waals surface area contributed by atoms with Gasteiger partial charge in [-0.25, -0.2) is 14.6 Å². The maximum Gasteiger partial charge on any atom is 0.158 e. The molecule has 0 saturated carbocycles. The summed E-state index contributed by atoms with van der Waals surface area (Å²) in [5, 5.41) is 7.58. The van der Waals surface area contributed by atoms with Gasteiger partial charge in [0.15, 0.2) is 5.82 Å². The van der Waals surface area contributed by atoms with E-state index in [4.69, 9.17) is 4.74 Å². The lowest BCUT2D eigenvalue weighted by Crippen LogP contribution is -2.05. The van der Waals surface area contributed by atoms with Crippen LogP contribution >= 0.6 is 11.3 Å². The second-order valence-corrected chi connectivity index (χ2v) is 6.17. The standard InChI is InChI=1S/C17H20N4OS/c1-4-22-12(2)17-19-15(11-23-17)10-21-16(18-13(3)20-21)14-8-6-5-7-9-14/h5-9,11-12H,4,10H2,1-3H3/t12-/m1/s1. The van der Waals surface area contributed by atoms with Crippen molar-refractivity contribution in [2.24, 2.45) is 0 Å². The first-order chi connectivity index (χ1) is 11.2. The molecule has 5 nitrogen and oxygen atoms in total. The molecule has 0 aliphatic heterocycles. The normalized spacial score (nSPS) is 12.5. The monoisotopic (exact) mass is 328 g/mol. The van der Waals surface area contributed by atoms with Gasteiger partial charge in [-0.1, -0.05) is 30.3 Å². The molecule has 120 valence electrons. The summed E-state index contributed by atoms with van der Waals surface area (Å²) in [5.74, 6) is 1.64. The Morgan fingerprint density at radius 3 is 2.74 bits per heavy atom. The van der Waals surface area contributed by atoms with Crippen LogP contribution in [0.3, 0.4) is 0 Å². The molecule has 23 heavy (non-hydrogen) atoms. The van der Waals surface area contributed by atoms with Gasteiger partial charge in [-0.05, 0) is 20.8 Å². The third-order valence-electron chi connectivity index (χ3n) is 3.46. The minimum absolute atomic E-state index is 0.0322. The van der Waals surface area contributed by atoms with E-state index in [2.05, 4.69) is 20.4 Å². The van der Waals surface area contributed by atoms with Crippen molar-refractivity contribution in [1.82, 2.24) is 19.7 Å². The van der Waals surface area contributed by atoms with E-state index < -0.39 is 0 Å². The average molecular weight is 328 g/mol. The maximum atomic E-state index is 5.60. The van der Waals surface area contributed by atoms with Crippen LogP contribution in [-0.2, 0) is 11.3 Å². The second-order valence-electron chi connectivity index (χ2n) is 5.28. The first kappa shape index (κ1) is 15.8. The number of thiazole rings is 1. The molecule has 1 atom stereocenters. The fraction of sp³-hybridized carbons (Fsp3) is 0.353. The summed E-state index contributed by atoms with van der Waals surface area (Å²) in [6.07, 6.45) is 0.0322. The third kappa shape index (κ3) is 3.65. The highest BCUT2D eigenvalue weighted by Crippen LogP contribution is 2.23. The number of nitrogens with zero attached hydrogens (tertiary/aromatic N) is 4. The smallest absolute Gasteiger partial charge is 0.158 e. The van der Waals surface area contributed by atoms with Gasteiger partial charge in [0, 0.05) is 17.6 Å². The van der Waals surface area contributed by atoms with E-state index in [-0.39, 0.29) is 6.10 Å². The molecule has 0 N–H and O–H groups in total. The second kappa shape index (κ2) is 7.02. The van der Waals surface area contributed by atoms with Gasteiger partial charge in [-0.15, -0.1) is 11.3 Å². The zero-order chi connectivity index (χ0) is 16.2. The van der Waals surface area contributed by atoms with Crippen LogP contribution in [0.15, 0.2) is 35.7 Å². The Hall–Kier alpha value is -2.05. The van der Waals surface area contributed by atoms with Crippen LogP contribution in [0.1, 0.15) is 36.5 Å². The lowest BCUT2D eigenvalue weighted by molar-refractivity contribution is 0.0761. The number of ether oxygens (including phenoxy) is 1. The van der Waals surface area contributed by atoms with Crippen molar-refractivity contribution in [3.05, 3.63) is 52.2 Å². The molecule has 0 spiro atoms. The van der Waals surface area contributed by atoms with E-state index in [0.717, 1.165) is 27.9 Å². The maximum absolute atomic E-state index is 5.60. The molecule has 0 saturated heterocycles. The molecule has 1 aromatic carbocycles. The van der Waals surface area contributed by atoms with Crippen molar-refractivity contribution in [1.29, 1.82) is 0 Å². The number of hydrogen-bond acceptors (Lipinski definition) is 5. The van der Waals surface area contributed by atoms with Gasteiger partial charge in [0.05, 0.1) is 12.2 Å². The molecule has 0 aliphatic carbocycles. The van der Waals surface area contributed by atoms with E-state index in [1.54, 1.807) is 11.3 Å². The summed E-state index contributed by atoms with van der Waals surface area (Å²) < 4.78 is 7.51. The molecule has 0 radical (unpaired) electrons. The molecular formula is C17H20N4OS. The zero-order valence-corrected chi connectivity index (χ0v) is 14.4. The highest BCUT2D eigenvalue weighted by Gasteiger charge is 2.14. The summed E-state index contributed by atoms with van der Waals surface area (Å²) in [6.45, 7) is 7.24. The van der Waals surface area contributed by atoms with Crippen molar-refractivity contribution in [3.8, 4) is 11.4 Å². The number of hydrogen-bond donors (Lipinski definition) is 0.